The summed E-state index contributed by atoms with van der Waals surface area (Å²) in [5.41, 5.74) is 4.61. The smallest absolute Gasteiger partial charge is 0.334 e. The summed E-state index contributed by atoms with van der Waals surface area (Å²) in [5.74, 6) is -1.94. The lowest BCUT2D eigenvalue weighted by Gasteiger charge is -2.24. The van der Waals surface area contributed by atoms with Crippen LogP contribution in [0.2, 0.25) is 10.0 Å². The van der Waals surface area contributed by atoms with E-state index in [-0.39, 0.29) is 12.1 Å². The molecule has 0 bridgehead atoms. The second-order valence-electron chi connectivity index (χ2n) is 10.2. The largest absolute Gasteiger partial charge is 0.479 e. The summed E-state index contributed by atoms with van der Waals surface area (Å²) in [7, 11) is 0. The first-order valence-electron chi connectivity index (χ1n) is 14.8. The lowest BCUT2D eigenvalue weighted by Crippen LogP contribution is -2.36. The molecule has 4 rings (SSSR count). The second-order valence-corrected chi connectivity index (χ2v) is 11.1. The van der Waals surface area contributed by atoms with Crippen LogP contribution in [0, 0.1) is 0 Å². The molecule has 1 aliphatic carbocycles. The van der Waals surface area contributed by atoms with Gasteiger partial charge in [0.15, 0.2) is 6.10 Å². The molecule has 1 unspecified atom stereocenters. The Morgan fingerprint density at radius 2 is 1.58 bits per heavy atom. The summed E-state index contributed by atoms with van der Waals surface area (Å²) in [5, 5.41) is 24.2. The Balaban J connectivity index is 0.00000102. The number of carboxylic acid groups (broad SMARTS) is 1. The van der Waals surface area contributed by atoms with E-state index in [1.165, 1.54) is 18.4 Å². The van der Waals surface area contributed by atoms with E-state index < -0.39 is 30.6 Å². The topological polar surface area (TPSA) is 128 Å². The average Bonchev–Trinajstić information content (AvgIpc) is 3.03. The highest BCUT2D eigenvalue weighted by Crippen LogP contribution is 2.29. The molecule has 1 aliphatic rings. The molecule has 0 radical (unpaired) electrons. The number of aliphatic hydroxyl groups is 1. The summed E-state index contributed by atoms with van der Waals surface area (Å²) in [4.78, 5) is 38.2. The molecule has 0 fully saturated rings. The fourth-order valence-electron chi connectivity index (χ4n) is 4.58. The minimum Gasteiger partial charge on any atom is -0.479 e. The van der Waals surface area contributed by atoms with Crippen LogP contribution in [-0.4, -0.2) is 54.0 Å². The number of benzene rings is 3. The summed E-state index contributed by atoms with van der Waals surface area (Å²) in [6, 6.07) is 18.8. The first kappa shape index (κ1) is 35.6. The van der Waals surface area contributed by atoms with Crippen molar-refractivity contribution in [1.29, 1.82) is 0 Å². The number of carbonyl (C=O) groups is 3. The Morgan fingerprint density at radius 3 is 2.11 bits per heavy atom. The molecule has 3 aromatic rings. The van der Waals surface area contributed by atoms with Crippen LogP contribution in [0.3, 0.4) is 0 Å². The van der Waals surface area contributed by atoms with Crippen LogP contribution < -0.4 is 15.5 Å². The van der Waals surface area contributed by atoms with E-state index in [1.807, 2.05) is 38.1 Å². The zero-order valence-corrected chi connectivity index (χ0v) is 26.9. The molecule has 1 atom stereocenters. The number of anilines is 2. The maximum atomic E-state index is 13.5. The number of halogens is 2. The van der Waals surface area contributed by atoms with Crippen LogP contribution in [0.1, 0.15) is 61.0 Å². The zero-order chi connectivity index (χ0) is 32.8. The van der Waals surface area contributed by atoms with Crippen molar-refractivity contribution in [2.24, 2.45) is 0 Å². The van der Waals surface area contributed by atoms with Crippen molar-refractivity contribution in [3.63, 3.8) is 0 Å². The van der Waals surface area contributed by atoms with Gasteiger partial charge >= 0.3 is 12.0 Å². The van der Waals surface area contributed by atoms with Crippen molar-refractivity contribution < 1.29 is 29.3 Å². The molecule has 0 heterocycles. The van der Waals surface area contributed by atoms with Crippen molar-refractivity contribution in [1.82, 2.24) is 5.32 Å². The SMILES string of the molecule is CCOCC.O=C(NCC(O)C(=O)O)c1ccc(CN(C(=O)Nc2cc(Cl)cc(Cl)c2)c2ccc(C3=CCCCC3)cc2)cc1. The van der Waals surface area contributed by atoms with Gasteiger partial charge in [-0.1, -0.05) is 53.5 Å². The highest BCUT2D eigenvalue weighted by Gasteiger charge is 2.19. The van der Waals surface area contributed by atoms with Gasteiger partial charge in [-0.2, -0.15) is 0 Å². The Hall–Kier alpha value is -3.89. The van der Waals surface area contributed by atoms with E-state index in [4.69, 9.17) is 33.0 Å². The number of allylic oxidation sites excluding steroid dienone is 2. The molecule has 0 saturated heterocycles. The number of nitrogens with one attached hydrogen (secondary N) is 2. The fourth-order valence-corrected chi connectivity index (χ4v) is 5.11. The monoisotopic (exact) mass is 655 g/mol. The summed E-state index contributed by atoms with van der Waals surface area (Å²) in [6.45, 7) is 5.45. The van der Waals surface area contributed by atoms with Crippen LogP contribution in [0.5, 0.6) is 0 Å². The summed E-state index contributed by atoms with van der Waals surface area (Å²) >= 11 is 12.2. The third kappa shape index (κ3) is 11.5. The third-order valence-electron chi connectivity index (χ3n) is 6.91. The molecular formula is C34H39Cl2N3O6. The van der Waals surface area contributed by atoms with Gasteiger partial charge in [-0.3, -0.25) is 9.69 Å². The number of aliphatic hydroxyl groups excluding tert-OH is 1. The van der Waals surface area contributed by atoms with Crippen molar-refractivity contribution in [3.8, 4) is 0 Å². The van der Waals surface area contributed by atoms with E-state index in [1.54, 1.807) is 47.4 Å². The van der Waals surface area contributed by atoms with E-state index in [0.29, 0.717) is 21.4 Å². The number of nitrogens with zero attached hydrogens (tertiary/aromatic N) is 1. The fraction of sp³-hybridized carbons (Fsp3) is 0.324. The normalized spacial score (nSPS) is 13.0. The molecule has 0 saturated carbocycles. The number of rotatable bonds is 11. The van der Waals surface area contributed by atoms with Crippen LogP contribution in [-0.2, 0) is 16.1 Å². The van der Waals surface area contributed by atoms with Gasteiger partial charge in [0, 0.05) is 40.2 Å². The molecule has 11 heteroatoms. The molecule has 45 heavy (non-hydrogen) atoms. The lowest BCUT2D eigenvalue weighted by molar-refractivity contribution is -0.146. The van der Waals surface area contributed by atoms with E-state index in [2.05, 4.69) is 16.7 Å². The minimum atomic E-state index is -1.69. The molecule has 3 amide bonds. The Labute approximate surface area is 273 Å². The Morgan fingerprint density at radius 1 is 0.933 bits per heavy atom. The van der Waals surface area contributed by atoms with Gasteiger partial charge in [-0.25, -0.2) is 9.59 Å². The van der Waals surface area contributed by atoms with Crippen LogP contribution in [0.15, 0.2) is 72.8 Å². The summed E-state index contributed by atoms with van der Waals surface area (Å²) in [6.07, 6.45) is 5.06. The number of carbonyl (C=O) groups excluding carboxylic acids is 2. The number of hydrogen-bond donors (Lipinski definition) is 4. The van der Waals surface area contributed by atoms with Crippen LogP contribution in [0.4, 0.5) is 16.2 Å². The number of ether oxygens (including phenoxy) is 1. The molecule has 4 N–H and O–H groups in total. The van der Waals surface area contributed by atoms with Gasteiger partial charge in [-0.05, 0) is 98.7 Å². The van der Waals surface area contributed by atoms with Crippen molar-refractivity contribution in [2.45, 2.75) is 52.2 Å². The van der Waals surface area contributed by atoms with Gasteiger partial charge in [0.2, 0.25) is 0 Å². The van der Waals surface area contributed by atoms with E-state index in [0.717, 1.165) is 37.2 Å². The Kier molecular flexibility index (Phi) is 14.4. The molecular weight excluding hydrogens is 617 g/mol. The molecule has 0 spiro atoms. The van der Waals surface area contributed by atoms with Gasteiger partial charge in [-0.15, -0.1) is 0 Å². The minimum absolute atomic E-state index is 0.196. The van der Waals surface area contributed by atoms with Crippen molar-refractivity contribution >= 4 is 58.1 Å². The lowest BCUT2D eigenvalue weighted by atomic mass is 9.93. The highest BCUT2D eigenvalue weighted by atomic mass is 35.5. The second kappa shape index (κ2) is 18.2. The molecule has 0 aliphatic heterocycles. The van der Waals surface area contributed by atoms with E-state index in [9.17, 15) is 19.5 Å². The standard InChI is InChI=1S/C30H29Cl2N3O5.C4H10O/c31-23-14-24(32)16-25(15-23)34-30(40)35(26-12-10-21(11-13-26)20-4-2-1-3-5-20)18-19-6-8-22(9-7-19)28(37)33-17-27(36)29(38)39;1-3-5-4-2/h4,6-16,27,36H,1-3,5,17-18H2,(H,33,37)(H,34,40)(H,38,39);3-4H2,1-2H3. The molecule has 240 valence electrons. The van der Waals surface area contributed by atoms with Crippen molar-refractivity contribution in [2.75, 3.05) is 30.0 Å². The maximum Gasteiger partial charge on any atom is 0.334 e. The number of amides is 3. The predicted molar refractivity (Wildman–Crippen MR) is 179 cm³/mol. The van der Waals surface area contributed by atoms with E-state index >= 15 is 0 Å². The highest BCUT2D eigenvalue weighted by molar-refractivity contribution is 6.35. The molecule has 3 aromatic carbocycles. The van der Waals surface area contributed by atoms with Gasteiger partial charge in [0.1, 0.15) is 0 Å². The first-order valence-corrected chi connectivity index (χ1v) is 15.6. The molecule has 9 nitrogen and oxygen atoms in total. The summed E-state index contributed by atoms with van der Waals surface area (Å²) < 4.78 is 4.83. The molecule has 0 aromatic heterocycles. The van der Waals surface area contributed by atoms with Crippen LogP contribution >= 0.6 is 23.2 Å². The third-order valence-corrected chi connectivity index (χ3v) is 7.34. The number of carboxylic acids is 1. The predicted octanol–water partition coefficient (Wildman–Crippen LogP) is 7.41. The Bertz CT molecular complexity index is 1440. The van der Waals surface area contributed by atoms with Gasteiger partial charge in [0.05, 0.1) is 13.1 Å². The number of urea groups is 1. The van der Waals surface area contributed by atoms with Crippen molar-refractivity contribution in [3.05, 3.63) is 99.5 Å². The van der Waals surface area contributed by atoms with Crippen LogP contribution in [0.25, 0.3) is 5.57 Å². The number of aliphatic carboxylic acids is 1. The maximum absolute atomic E-state index is 13.5. The number of hydrogen-bond acceptors (Lipinski definition) is 5. The first-order chi connectivity index (χ1) is 21.6. The quantitative estimate of drug-likeness (QED) is 0.170. The van der Waals surface area contributed by atoms with Gasteiger partial charge in [0.25, 0.3) is 5.91 Å². The van der Waals surface area contributed by atoms with Gasteiger partial charge < -0.3 is 25.6 Å². The average molecular weight is 657 g/mol. The zero-order valence-electron chi connectivity index (χ0n) is 25.4.